The second-order valence-corrected chi connectivity index (χ2v) is 7.09. The second-order valence-electron chi connectivity index (χ2n) is 7.09. The molecule has 158 valence electrons. The van der Waals surface area contributed by atoms with Gasteiger partial charge in [0.2, 0.25) is 12.7 Å². The largest absolute Gasteiger partial charge is 0.465 e. The molecule has 0 radical (unpaired) electrons. The number of nitrogens with zero attached hydrogens (tertiary/aromatic N) is 1. The van der Waals surface area contributed by atoms with E-state index in [1.54, 1.807) is 30.3 Å². The zero-order valence-electron chi connectivity index (χ0n) is 17.5. The fraction of sp³-hybridized carbons (Fsp3) is 0.167. The number of carbonyl (C=O) groups excluding carboxylic acids is 2. The van der Waals surface area contributed by atoms with Gasteiger partial charge in [-0.25, -0.2) is 4.79 Å². The maximum atomic E-state index is 12.4. The van der Waals surface area contributed by atoms with E-state index in [4.69, 9.17) is 14.2 Å². The first-order valence-corrected chi connectivity index (χ1v) is 9.72. The van der Waals surface area contributed by atoms with Gasteiger partial charge in [0.25, 0.3) is 0 Å². The highest BCUT2D eigenvalue weighted by Gasteiger charge is 2.16. The number of ether oxygens (including phenoxy) is 3. The number of benzene rings is 2. The number of methoxy groups -OCH3 is 1. The number of hydrogen-bond donors (Lipinski definition) is 1. The van der Waals surface area contributed by atoms with E-state index in [0.29, 0.717) is 11.3 Å². The lowest BCUT2D eigenvalue weighted by Crippen LogP contribution is -2.09. The monoisotopic (exact) mass is 418 g/mol. The number of anilines is 1. The zero-order chi connectivity index (χ0) is 22.0. The van der Waals surface area contributed by atoms with E-state index in [1.165, 1.54) is 13.2 Å². The fourth-order valence-electron chi connectivity index (χ4n) is 3.57. The Bertz CT molecular complexity index is 1190. The van der Waals surface area contributed by atoms with Crippen LogP contribution in [0.25, 0.3) is 11.8 Å². The quantitative estimate of drug-likeness (QED) is 0.495. The van der Waals surface area contributed by atoms with Gasteiger partial charge in [-0.2, -0.15) is 0 Å². The second kappa shape index (κ2) is 8.39. The number of esters is 1. The van der Waals surface area contributed by atoms with Crippen molar-refractivity contribution in [3.63, 3.8) is 0 Å². The van der Waals surface area contributed by atoms with E-state index in [-0.39, 0.29) is 12.7 Å². The molecule has 0 aliphatic carbocycles. The average molecular weight is 418 g/mol. The number of carbonyl (C=O) groups is 2. The molecule has 1 aliphatic rings. The molecule has 0 atom stereocenters. The molecule has 1 aromatic heterocycles. The minimum absolute atomic E-state index is 0.230. The Morgan fingerprint density at radius 2 is 1.87 bits per heavy atom. The number of amides is 1. The lowest BCUT2D eigenvalue weighted by molar-refractivity contribution is -0.111. The molecule has 2 heterocycles. The van der Waals surface area contributed by atoms with Crippen molar-refractivity contribution < 1.29 is 23.8 Å². The first-order chi connectivity index (χ1) is 15.0. The Hall–Kier alpha value is -4.00. The van der Waals surface area contributed by atoms with Gasteiger partial charge in [-0.1, -0.05) is 6.07 Å². The predicted molar refractivity (Wildman–Crippen MR) is 117 cm³/mol. The summed E-state index contributed by atoms with van der Waals surface area (Å²) in [6.45, 7) is 4.23. The van der Waals surface area contributed by atoms with Gasteiger partial charge >= 0.3 is 5.97 Å². The van der Waals surface area contributed by atoms with Crippen LogP contribution in [0.15, 0.2) is 54.6 Å². The zero-order valence-corrected chi connectivity index (χ0v) is 17.5. The summed E-state index contributed by atoms with van der Waals surface area (Å²) in [5, 5.41) is 2.76. The third-order valence-corrected chi connectivity index (χ3v) is 5.05. The smallest absolute Gasteiger partial charge is 0.337 e. The van der Waals surface area contributed by atoms with Crippen LogP contribution in [-0.4, -0.2) is 30.3 Å². The average Bonchev–Trinajstić information content (AvgIpc) is 3.34. The number of fused-ring (bicyclic) bond motifs is 1. The molecule has 0 saturated carbocycles. The van der Waals surface area contributed by atoms with Gasteiger partial charge in [-0.15, -0.1) is 0 Å². The molecular formula is C24H22N2O5. The molecule has 2 aromatic carbocycles. The fourth-order valence-corrected chi connectivity index (χ4v) is 3.57. The first-order valence-electron chi connectivity index (χ1n) is 9.72. The highest BCUT2D eigenvalue weighted by molar-refractivity contribution is 6.02. The molecule has 1 amide bonds. The molecule has 3 aromatic rings. The van der Waals surface area contributed by atoms with E-state index >= 15 is 0 Å². The van der Waals surface area contributed by atoms with Crippen molar-refractivity contribution in [1.29, 1.82) is 0 Å². The Kier molecular flexibility index (Phi) is 5.49. The van der Waals surface area contributed by atoms with Crippen molar-refractivity contribution in [3.8, 4) is 17.2 Å². The van der Waals surface area contributed by atoms with Crippen molar-refractivity contribution in [2.24, 2.45) is 0 Å². The molecule has 4 rings (SSSR count). The van der Waals surface area contributed by atoms with Crippen LogP contribution in [0.1, 0.15) is 27.3 Å². The topological polar surface area (TPSA) is 78.8 Å². The first kappa shape index (κ1) is 20.3. The van der Waals surface area contributed by atoms with E-state index in [0.717, 1.165) is 34.1 Å². The molecule has 1 aliphatic heterocycles. The van der Waals surface area contributed by atoms with Crippen LogP contribution >= 0.6 is 0 Å². The minimum atomic E-state index is -0.456. The summed E-state index contributed by atoms with van der Waals surface area (Å²) in [4.78, 5) is 24.0. The van der Waals surface area contributed by atoms with Gasteiger partial charge in [0.1, 0.15) is 0 Å². The van der Waals surface area contributed by atoms with E-state index in [2.05, 4.69) is 9.88 Å². The van der Waals surface area contributed by atoms with Crippen molar-refractivity contribution in [3.05, 3.63) is 77.1 Å². The molecule has 0 saturated heterocycles. The van der Waals surface area contributed by atoms with Crippen LogP contribution in [-0.2, 0) is 9.53 Å². The van der Waals surface area contributed by atoms with Gasteiger partial charge in [-0.3, -0.25) is 4.79 Å². The predicted octanol–water partition coefficient (Wildman–Crippen LogP) is 4.26. The molecular weight excluding hydrogens is 396 g/mol. The van der Waals surface area contributed by atoms with Crippen molar-refractivity contribution in [2.45, 2.75) is 13.8 Å². The molecule has 7 nitrogen and oxygen atoms in total. The Balaban J connectivity index is 1.52. The van der Waals surface area contributed by atoms with Gasteiger partial charge < -0.3 is 24.1 Å². The van der Waals surface area contributed by atoms with E-state index in [9.17, 15) is 9.59 Å². The van der Waals surface area contributed by atoms with Crippen molar-refractivity contribution in [1.82, 2.24) is 4.57 Å². The molecule has 0 fully saturated rings. The van der Waals surface area contributed by atoms with Crippen LogP contribution in [0.4, 0.5) is 5.69 Å². The third-order valence-electron chi connectivity index (χ3n) is 5.05. The Morgan fingerprint density at radius 1 is 1.06 bits per heavy atom. The summed E-state index contributed by atoms with van der Waals surface area (Å²) < 4.78 is 17.7. The van der Waals surface area contributed by atoms with Crippen LogP contribution in [0.5, 0.6) is 11.5 Å². The van der Waals surface area contributed by atoms with Gasteiger partial charge in [-0.05, 0) is 61.9 Å². The molecule has 0 unspecified atom stereocenters. The molecule has 0 spiro atoms. The standard InChI is InChI=1S/C24H22N2O5/c1-15-11-17(16(2)26(15)20-8-9-21-22(13-20)31-14-30-21)7-10-23(27)25-19-6-4-5-18(12-19)24(28)29-3/h4-13H,14H2,1-3H3,(H,25,27)/b10-7+. The van der Waals surface area contributed by atoms with E-state index < -0.39 is 5.97 Å². The SMILES string of the molecule is COC(=O)c1cccc(NC(=O)/C=C/c2cc(C)n(-c3ccc4c(c3)OCO4)c2C)c1. The number of hydrogen-bond acceptors (Lipinski definition) is 5. The maximum absolute atomic E-state index is 12.4. The number of nitrogens with one attached hydrogen (secondary N) is 1. The van der Waals surface area contributed by atoms with Crippen LogP contribution < -0.4 is 14.8 Å². The summed E-state index contributed by atoms with van der Waals surface area (Å²) >= 11 is 0. The number of aryl methyl sites for hydroxylation is 1. The van der Waals surface area contributed by atoms with Crippen molar-refractivity contribution >= 4 is 23.6 Å². The Morgan fingerprint density at radius 3 is 2.68 bits per heavy atom. The summed E-state index contributed by atoms with van der Waals surface area (Å²) in [5.74, 6) is 0.701. The maximum Gasteiger partial charge on any atom is 0.337 e. The highest BCUT2D eigenvalue weighted by atomic mass is 16.7. The molecule has 1 N–H and O–H groups in total. The summed E-state index contributed by atoms with van der Waals surface area (Å²) in [5.41, 5.74) is 4.80. The third kappa shape index (κ3) is 4.16. The number of rotatable bonds is 5. The van der Waals surface area contributed by atoms with Crippen LogP contribution in [0.3, 0.4) is 0 Å². The van der Waals surface area contributed by atoms with E-state index in [1.807, 2.05) is 38.1 Å². The lowest BCUT2D eigenvalue weighted by Gasteiger charge is -2.10. The highest BCUT2D eigenvalue weighted by Crippen LogP contribution is 2.35. The summed E-state index contributed by atoms with van der Waals surface area (Å²) in [6.07, 6.45) is 3.24. The van der Waals surface area contributed by atoms with Gasteiger partial charge in [0.05, 0.1) is 12.7 Å². The van der Waals surface area contributed by atoms with Crippen LogP contribution in [0.2, 0.25) is 0 Å². The van der Waals surface area contributed by atoms with Gasteiger partial charge in [0.15, 0.2) is 11.5 Å². The van der Waals surface area contributed by atoms with Crippen molar-refractivity contribution in [2.75, 3.05) is 19.2 Å². The van der Waals surface area contributed by atoms with Gasteiger partial charge in [0, 0.05) is 34.9 Å². The number of aromatic nitrogens is 1. The minimum Gasteiger partial charge on any atom is -0.465 e. The molecule has 7 heteroatoms. The summed E-state index contributed by atoms with van der Waals surface area (Å²) in [6, 6.07) is 14.4. The lowest BCUT2D eigenvalue weighted by atomic mass is 10.2. The molecule has 31 heavy (non-hydrogen) atoms. The molecule has 0 bridgehead atoms. The Labute approximate surface area is 179 Å². The normalized spacial score (nSPS) is 12.2. The summed E-state index contributed by atoms with van der Waals surface area (Å²) in [7, 11) is 1.32. The van der Waals surface area contributed by atoms with Crippen LogP contribution in [0, 0.1) is 13.8 Å².